The highest BCUT2D eigenvalue weighted by Crippen LogP contribution is 2.19. The van der Waals surface area contributed by atoms with Gasteiger partial charge >= 0.3 is 0 Å². The SMILES string of the molecule is CCC(O)(CC)CNC(=O)c1ccc(C(=O)NC2CC2)cc1. The van der Waals surface area contributed by atoms with Crippen LogP contribution in [0, 0.1) is 0 Å². The Hall–Kier alpha value is -1.88. The molecule has 0 unspecified atom stereocenters. The molecule has 0 spiro atoms. The monoisotopic (exact) mass is 304 g/mol. The second-order valence-corrected chi connectivity index (χ2v) is 5.94. The Labute approximate surface area is 131 Å². The number of rotatable bonds is 7. The van der Waals surface area contributed by atoms with Gasteiger partial charge in [0.05, 0.1) is 5.60 Å². The molecule has 0 heterocycles. The van der Waals surface area contributed by atoms with Gasteiger partial charge in [0, 0.05) is 23.7 Å². The zero-order chi connectivity index (χ0) is 16.2. The molecule has 1 fully saturated rings. The molecule has 0 aliphatic heterocycles. The van der Waals surface area contributed by atoms with Gasteiger partial charge < -0.3 is 15.7 Å². The van der Waals surface area contributed by atoms with Crippen molar-refractivity contribution in [3.8, 4) is 0 Å². The molecule has 0 aromatic heterocycles. The van der Waals surface area contributed by atoms with Crippen molar-refractivity contribution in [2.45, 2.75) is 51.2 Å². The molecule has 2 rings (SSSR count). The average molecular weight is 304 g/mol. The molecule has 2 amide bonds. The smallest absolute Gasteiger partial charge is 0.251 e. The van der Waals surface area contributed by atoms with Crippen LogP contribution in [0.2, 0.25) is 0 Å². The van der Waals surface area contributed by atoms with E-state index in [4.69, 9.17) is 0 Å². The largest absolute Gasteiger partial charge is 0.388 e. The maximum atomic E-state index is 12.1. The molecular formula is C17H24N2O3. The van der Waals surface area contributed by atoms with Crippen molar-refractivity contribution in [1.29, 1.82) is 0 Å². The Bertz CT molecular complexity index is 531. The average Bonchev–Trinajstić information content (AvgIpc) is 3.36. The maximum absolute atomic E-state index is 12.1. The number of carbonyl (C=O) groups excluding carboxylic acids is 2. The van der Waals surface area contributed by atoms with Crippen molar-refractivity contribution in [1.82, 2.24) is 10.6 Å². The lowest BCUT2D eigenvalue weighted by atomic mass is 9.97. The summed E-state index contributed by atoms with van der Waals surface area (Å²) in [4.78, 5) is 23.9. The zero-order valence-corrected chi connectivity index (χ0v) is 13.2. The van der Waals surface area contributed by atoms with Crippen molar-refractivity contribution in [2.24, 2.45) is 0 Å². The molecule has 22 heavy (non-hydrogen) atoms. The summed E-state index contributed by atoms with van der Waals surface area (Å²) >= 11 is 0. The van der Waals surface area contributed by atoms with Crippen LogP contribution >= 0.6 is 0 Å². The maximum Gasteiger partial charge on any atom is 0.251 e. The van der Waals surface area contributed by atoms with Crippen LogP contribution in [0.5, 0.6) is 0 Å². The fourth-order valence-electron chi connectivity index (χ4n) is 2.12. The third kappa shape index (κ3) is 4.31. The van der Waals surface area contributed by atoms with E-state index in [1.54, 1.807) is 24.3 Å². The molecule has 5 nitrogen and oxygen atoms in total. The van der Waals surface area contributed by atoms with Crippen molar-refractivity contribution in [3.05, 3.63) is 35.4 Å². The van der Waals surface area contributed by atoms with Crippen molar-refractivity contribution in [3.63, 3.8) is 0 Å². The normalized spacial score (nSPS) is 14.5. The lowest BCUT2D eigenvalue weighted by Crippen LogP contribution is -2.42. The molecule has 1 aromatic rings. The van der Waals surface area contributed by atoms with Gasteiger partial charge in [-0.1, -0.05) is 13.8 Å². The van der Waals surface area contributed by atoms with Gasteiger partial charge in [-0.25, -0.2) is 0 Å². The van der Waals surface area contributed by atoms with E-state index in [1.165, 1.54) is 0 Å². The second-order valence-electron chi connectivity index (χ2n) is 5.94. The molecule has 0 bridgehead atoms. The summed E-state index contributed by atoms with van der Waals surface area (Å²) in [5.41, 5.74) is 0.180. The number of carbonyl (C=O) groups is 2. The molecule has 1 aliphatic rings. The van der Waals surface area contributed by atoms with Gasteiger partial charge in [-0.15, -0.1) is 0 Å². The molecule has 1 aromatic carbocycles. The molecule has 1 aliphatic carbocycles. The fourth-order valence-corrected chi connectivity index (χ4v) is 2.12. The van der Waals surface area contributed by atoms with Gasteiger partial charge in [0.25, 0.3) is 11.8 Å². The van der Waals surface area contributed by atoms with Crippen molar-refractivity contribution < 1.29 is 14.7 Å². The topological polar surface area (TPSA) is 78.4 Å². The van der Waals surface area contributed by atoms with E-state index in [0.29, 0.717) is 30.0 Å². The highest BCUT2D eigenvalue weighted by Gasteiger charge is 2.24. The summed E-state index contributed by atoms with van der Waals surface area (Å²) in [5, 5.41) is 15.8. The molecule has 5 heteroatoms. The molecule has 0 atom stereocenters. The van der Waals surface area contributed by atoms with Gasteiger partial charge in [-0.05, 0) is 49.9 Å². The van der Waals surface area contributed by atoms with Crippen LogP contribution in [0.1, 0.15) is 60.2 Å². The van der Waals surface area contributed by atoms with Gasteiger partial charge in [-0.3, -0.25) is 9.59 Å². The molecule has 0 saturated heterocycles. The summed E-state index contributed by atoms with van der Waals surface area (Å²) in [5.74, 6) is -0.338. The first-order valence-electron chi connectivity index (χ1n) is 7.89. The molecule has 120 valence electrons. The first kappa shape index (κ1) is 16.5. The van der Waals surface area contributed by atoms with Gasteiger partial charge in [-0.2, -0.15) is 0 Å². The minimum absolute atomic E-state index is 0.0965. The van der Waals surface area contributed by atoms with E-state index >= 15 is 0 Å². The second kappa shape index (κ2) is 6.92. The lowest BCUT2D eigenvalue weighted by molar-refractivity contribution is 0.0314. The van der Waals surface area contributed by atoms with E-state index in [1.807, 2.05) is 13.8 Å². The first-order valence-corrected chi connectivity index (χ1v) is 7.89. The summed E-state index contributed by atoms with van der Waals surface area (Å²) in [6.07, 6.45) is 3.27. The van der Waals surface area contributed by atoms with Crippen LogP contribution in [-0.2, 0) is 0 Å². The quantitative estimate of drug-likeness (QED) is 0.719. The van der Waals surface area contributed by atoms with E-state index in [0.717, 1.165) is 12.8 Å². The number of benzene rings is 1. The third-order valence-electron chi connectivity index (χ3n) is 4.22. The summed E-state index contributed by atoms with van der Waals surface area (Å²) in [6.45, 7) is 4.01. The van der Waals surface area contributed by atoms with Crippen molar-refractivity contribution >= 4 is 11.8 Å². The predicted molar refractivity (Wildman–Crippen MR) is 84.8 cm³/mol. The molecule has 1 saturated carbocycles. The van der Waals surface area contributed by atoms with Crippen LogP contribution in [-0.4, -0.2) is 35.1 Å². The Balaban J connectivity index is 1.91. The lowest BCUT2D eigenvalue weighted by Gasteiger charge is -2.25. The number of aliphatic hydroxyl groups is 1. The minimum atomic E-state index is -0.861. The Morgan fingerprint density at radius 2 is 1.59 bits per heavy atom. The van der Waals surface area contributed by atoms with E-state index in [2.05, 4.69) is 10.6 Å². The number of hydrogen-bond donors (Lipinski definition) is 3. The zero-order valence-electron chi connectivity index (χ0n) is 13.2. The van der Waals surface area contributed by atoms with Crippen LogP contribution in [0.3, 0.4) is 0 Å². The number of hydrogen-bond acceptors (Lipinski definition) is 3. The third-order valence-corrected chi connectivity index (χ3v) is 4.22. The molecule has 3 N–H and O–H groups in total. The predicted octanol–water partition coefficient (Wildman–Crippen LogP) is 1.86. The van der Waals surface area contributed by atoms with E-state index in [-0.39, 0.29) is 18.4 Å². The van der Waals surface area contributed by atoms with Crippen LogP contribution in [0.4, 0.5) is 0 Å². The van der Waals surface area contributed by atoms with Gasteiger partial charge in [0.15, 0.2) is 0 Å². The summed E-state index contributed by atoms with van der Waals surface area (Å²) < 4.78 is 0. The Kier molecular flexibility index (Phi) is 5.19. The Morgan fingerprint density at radius 3 is 2.05 bits per heavy atom. The first-order chi connectivity index (χ1) is 10.5. The van der Waals surface area contributed by atoms with Gasteiger partial charge in [0.2, 0.25) is 0 Å². The number of amides is 2. The van der Waals surface area contributed by atoms with Crippen LogP contribution < -0.4 is 10.6 Å². The molecular weight excluding hydrogens is 280 g/mol. The van der Waals surface area contributed by atoms with Crippen LogP contribution in [0.15, 0.2) is 24.3 Å². The van der Waals surface area contributed by atoms with E-state index < -0.39 is 5.60 Å². The highest BCUT2D eigenvalue weighted by atomic mass is 16.3. The van der Waals surface area contributed by atoms with Gasteiger partial charge in [0.1, 0.15) is 0 Å². The van der Waals surface area contributed by atoms with Crippen LogP contribution in [0.25, 0.3) is 0 Å². The summed E-state index contributed by atoms with van der Waals surface area (Å²) in [6, 6.07) is 6.88. The van der Waals surface area contributed by atoms with Crippen molar-refractivity contribution in [2.75, 3.05) is 6.54 Å². The number of nitrogens with one attached hydrogen (secondary N) is 2. The van der Waals surface area contributed by atoms with E-state index in [9.17, 15) is 14.7 Å². The minimum Gasteiger partial charge on any atom is -0.388 e. The Morgan fingerprint density at radius 1 is 1.09 bits per heavy atom. The standard InChI is InChI=1S/C17H24N2O3/c1-3-17(22,4-2)11-18-15(20)12-5-7-13(8-6-12)16(21)19-14-9-10-14/h5-8,14,22H,3-4,9-11H2,1-2H3,(H,18,20)(H,19,21). The fraction of sp³-hybridized carbons (Fsp3) is 0.529. The molecule has 0 radical (unpaired) electrons. The summed E-state index contributed by atoms with van der Waals surface area (Å²) in [7, 11) is 0. The highest BCUT2D eigenvalue weighted by molar-refractivity contribution is 5.98.